The molecule has 3 aromatic rings. The molecule has 1 aromatic heterocycles. The van der Waals surface area contributed by atoms with E-state index in [1.165, 1.54) is 5.01 Å². The maximum absolute atomic E-state index is 12.3. The summed E-state index contributed by atoms with van der Waals surface area (Å²) in [6.45, 7) is 13.7. The molecule has 0 spiro atoms. The highest BCUT2D eigenvalue weighted by Crippen LogP contribution is 2.32. The van der Waals surface area contributed by atoms with Crippen LogP contribution in [0, 0.1) is 5.41 Å². The van der Waals surface area contributed by atoms with E-state index in [1.807, 2.05) is 38.1 Å². The Balaban J connectivity index is 1.83. The van der Waals surface area contributed by atoms with E-state index in [9.17, 15) is 4.79 Å². The highest BCUT2D eigenvalue weighted by molar-refractivity contribution is 5.78. The predicted octanol–water partition coefficient (Wildman–Crippen LogP) is 4.69. The number of nitrogen functional groups attached to an aromatic ring is 1. The fraction of sp³-hybridized carbons (Fsp3) is 0.346. The van der Waals surface area contributed by atoms with Gasteiger partial charge in [-0.2, -0.15) is 4.98 Å². The molecule has 0 unspecified atom stereocenters. The number of benzene rings is 2. The van der Waals surface area contributed by atoms with Crippen molar-refractivity contribution in [3.8, 4) is 28.6 Å². The Morgan fingerprint density at radius 3 is 2.57 bits per heavy atom. The normalized spacial score (nSPS) is 11.4. The number of carbonyl (C=O) groups is 1. The Labute approximate surface area is 205 Å². The zero-order valence-corrected chi connectivity index (χ0v) is 20.9. The molecule has 0 fully saturated rings. The second-order valence-corrected chi connectivity index (χ2v) is 9.05. The van der Waals surface area contributed by atoms with Crippen LogP contribution in [0.25, 0.3) is 28.9 Å². The van der Waals surface area contributed by atoms with E-state index in [1.54, 1.807) is 39.0 Å². The van der Waals surface area contributed by atoms with Crippen molar-refractivity contribution in [1.29, 1.82) is 0 Å². The van der Waals surface area contributed by atoms with Crippen molar-refractivity contribution in [3.05, 3.63) is 48.5 Å². The molecular weight excluding hydrogens is 446 g/mol. The van der Waals surface area contributed by atoms with Gasteiger partial charge >= 0.3 is 5.97 Å². The standard InChI is InChI=1S/C26H33N5O4/c1-7-17-13-18(9-11-21(17)31(28)15-26(5,6)25(32)33-8-2)23-29-24(35-30-23)19-10-12-22(20(27)14-19)34-16(3)4/h7,9-14,16H,1,8,15,27-28H2,2-6H3. The highest BCUT2D eigenvalue weighted by atomic mass is 16.5. The first-order chi connectivity index (χ1) is 16.6. The first-order valence-corrected chi connectivity index (χ1v) is 11.4. The smallest absolute Gasteiger partial charge is 0.313 e. The van der Waals surface area contributed by atoms with Crippen LogP contribution in [-0.4, -0.2) is 35.4 Å². The summed E-state index contributed by atoms with van der Waals surface area (Å²) in [7, 11) is 0. The number of hydrogen-bond donors (Lipinski definition) is 2. The summed E-state index contributed by atoms with van der Waals surface area (Å²) in [5.74, 6) is 7.36. The van der Waals surface area contributed by atoms with Gasteiger partial charge in [0.1, 0.15) is 5.75 Å². The first kappa shape index (κ1) is 25.8. The molecule has 186 valence electrons. The maximum atomic E-state index is 12.3. The van der Waals surface area contributed by atoms with Crippen molar-refractivity contribution in [2.24, 2.45) is 11.3 Å². The van der Waals surface area contributed by atoms with Crippen LogP contribution in [0.2, 0.25) is 0 Å². The number of hydrogen-bond acceptors (Lipinski definition) is 9. The highest BCUT2D eigenvalue weighted by Gasteiger charge is 2.31. The van der Waals surface area contributed by atoms with E-state index in [0.29, 0.717) is 41.0 Å². The van der Waals surface area contributed by atoms with Gasteiger partial charge in [-0.1, -0.05) is 17.8 Å². The molecule has 0 aliphatic carbocycles. The number of hydrazine groups is 1. The lowest BCUT2D eigenvalue weighted by Gasteiger charge is -2.30. The molecule has 0 aliphatic rings. The average Bonchev–Trinajstić information content (AvgIpc) is 3.30. The number of nitrogens with zero attached hydrogens (tertiary/aromatic N) is 3. The van der Waals surface area contributed by atoms with E-state index >= 15 is 0 Å². The van der Waals surface area contributed by atoms with Gasteiger partial charge in [0.15, 0.2) is 0 Å². The molecular formula is C26H33N5O4. The summed E-state index contributed by atoms with van der Waals surface area (Å²) < 4.78 is 16.3. The quantitative estimate of drug-likeness (QED) is 0.184. The molecule has 0 aliphatic heterocycles. The van der Waals surface area contributed by atoms with E-state index < -0.39 is 5.41 Å². The molecule has 1 heterocycles. The third-order valence-corrected chi connectivity index (χ3v) is 5.25. The van der Waals surface area contributed by atoms with Gasteiger partial charge in [0, 0.05) is 17.7 Å². The molecule has 9 nitrogen and oxygen atoms in total. The second kappa shape index (κ2) is 10.6. The third-order valence-electron chi connectivity index (χ3n) is 5.25. The largest absolute Gasteiger partial charge is 0.489 e. The van der Waals surface area contributed by atoms with Crippen molar-refractivity contribution in [2.75, 3.05) is 23.9 Å². The number of carbonyl (C=O) groups excluding carboxylic acids is 1. The van der Waals surface area contributed by atoms with Gasteiger partial charge in [0.25, 0.3) is 5.89 Å². The molecule has 0 atom stereocenters. The Morgan fingerprint density at radius 1 is 1.23 bits per heavy atom. The van der Waals surface area contributed by atoms with E-state index in [2.05, 4.69) is 16.7 Å². The number of anilines is 2. The van der Waals surface area contributed by atoms with Crippen LogP contribution < -0.4 is 21.3 Å². The first-order valence-electron chi connectivity index (χ1n) is 11.4. The average molecular weight is 480 g/mol. The molecule has 2 aromatic carbocycles. The molecule has 3 rings (SSSR count). The van der Waals surface area contributed by atoms with Crippen molar-refractivity contribution < 1.29 is 18.8 Å². The summed E-state index contributed by atoms with van der Waals surface area (Å²) in [5, 5.41) is 5.63. The zero-order valence-electron chi connectivity index (χ0n) is 20.9. The third kappa shape index (κ3) is 5.99. The minimum absolute atomic E-state index is 0.0147. The van der Waals surface area contributed by atoms with Gasteiger partial charge in [-0.3, -0.25) is 4.79 Å². The lowest BCUT2D eigenvalue weighted by atomic mass is 9.93. The Bertz CT molecular complexity index is 1200. The molecule has 0 saturated carbocycles. The van der Waals surface area contributed by atoms with Gasteiger partial charge in [-0.05, 0) is 76.6 Å². The Hall–Kier alpha value is -3.85. The fourth-order valence-electron chi connectivity index (χ4n) is 3.52. The van der Waals surface area contributed by atoms with Crippen LogP contribution in [0.5, 0.6) is 5.75 Å². The van der Waals surface area contributed by atoms with Crippen LogP contribution in [0.4, 0.5) is 11.4 Å². The minimum atomic E-state index is -0.790. The van der Waals surface area contributed by atoms with Crippen molar-refractivity contribution in [2.45, 2.75) is 40.7 Å². The summed E-state index contributed by atoms with van der Waals surface area (Å²) in [6, 6.07) is 10.9. The van der Waals surface area contributed by atoms with Crippen LogP contribution in [-0.2, 0) is 9.53 Å². The van der Waals surface area contributed by atoms with Crippen molar-refractivity contribution in [1.82, 2.24) is 10.1 Å². The number of esters is 1. The van der Waals surface area contributed by atoms with Gasteiger partial charge in [-0.15, -0.1) is 0 Å². The van der Waals surface area contributed by atoms with Crippen LogP contribution in [0.3, 0.4) is 0 Å². The topological polar surface area (TPSA) is 130 Å². The van der Waals surface area contributed by atoms with Crippen molar-refractivity contribution >= 4 is 23.4 Å². The number of rotatable bonds is 10. The second-order valence-electron chi connectivity index (χ2n) is 9.05. The molecule has 0 saturated heterocycles. The molecule has 4 N–H and O–H groups in total. The number of aromatic nitrogens is 2. The molecule has 9 heteroatoms. The molecule has 35 heavy (non-hydrogen) atoms. The Morgan fingerprint density at radius 2 is 1.94 bits per heavy atom. The monoisotopic (exact) mass is 479 g/mol. The molecule has 0 amide bonds. The lowest BCUT2D eigenvalue weighted by molar-refractivity contribution is -0.152. The van der Waals surface area contributed by atoms with Crippen LogP contribution >= 0.6 is 0 Å². The minimum Gasteiger partial charge on any atom is -0.489 e. The van der Waals surface area contributed by atoms with E-state index in [-0.39, 0.29) is 18.6 Å². The van der Waals surface area contributed by atoms with E-state index in [4.69, 9.17) is 25.6 Å². The number of ether oxygens (including phenoxy) is 2. The Kier molecular flexibility index (Phi) is 7.81. The SMILES string of the molecule is C=Cc1cc(-c2noc(-c3ccc(OC(C)C)c(N)c3)n2)ccc1N(N)CC(C)(C)C(=O)OCC. The van der Waals surface area contributed by atoms with Gasteiger partial charge in [-0.25, -0.2) is 5.84 Å². The van der Waals surface area contributed by atoms with Gasteiger partial charge in [0.05, 0.1) is 29.5 Å². The van der Waals surface area contributed by atoms with Gasteiger partial charge in [0.2, 0.25) is 5.82 Å². The predicted molar refractivity (Wildman–Crippen MR) is 137 cm³/mol. The number of nitrogens with two attached hydrogens (primary N) is 2. The lowest BCUT2D eigenvalue weighted by Crippen LogP contribution is -2.44. The van der Waals surface area contributed by atoms with Crippen LogP contribution in [0.1, 0.15) is 40.2 Å². The summed E-state index contributed by atoms with van der Waals surface area (Å²) in [4.78, 5) is 16.8. The summed E-state index contributed by atoms with van der Waals surface area (Å²) >= 11 is 0. The summed E-state index contributed by atoms with van der Waals surface area (Å²) in [6.07, 6.45) is 1.70. The molecule has 0 bridgehead atoms. The zero-order chi connectivity index (χ0) is 25.8. The van der Waals surface area contributed by atoms with Gasteiger partial charge < -0.3 is 24.7 Å². The fourth-order valence-corrected chi connectivity index (χ4v) is 3.52. The van der Waals surface area contributed by atoms with Crippen LogP contribution in [0.15, 0.2) is 47.5 Å². The maximum Gasteiger partial charge on any atom is 0.313 e. The summed E-state index contributed by atoms with van der Waals surface area (Å²) in [5.41, 5.74) is 8.69. The van der Waals surface area contributed by atoms with Crippen molar-refractivity contribution in [3.63, 3.8) is 0 Å². The van der Waals surface area contributed by atoms with E-state index in [0.717, 1.165) is 11.1 Å². The molecule has 0 radical (unpaired) electrons.